The number of nitrogens with one attached hydrogen (secondary N) is 1. The average Bonchev–Trinajstić information content (AvgIpc) is 2.28. The van der Waals surface area contributed by atoms with E-state index >= 15 is 0 Å². The summed E-state index contributed by atoms with van der Waals surface area (Å²) in [5, 5.41) is 4.38. The van der Waals surface area contributed by atoms with Crippen LogP contribution in [-0.2, 0) is 0 Å². The van der Waals surface area contributed by atoms with Crippen molar-refractivity contribution in [2.45, 2.75) is 52.0 Å². The summed E-state index contributed by atoms with van der Waals surface area (Å²) in [6.45, 7) is 11.6. The minimum absolute atomic E-state index is 0.348. The van der Waals surface area contributed by atoms with Crippen molar-refractivity contribution < 1.29 is 0 Å². The monoisotopic (exact) mass is 201 g/mol. The van der Waals surface area contributed by atoms with Gasteiger partial charge in [0.15, 0.2) is 0 Å². The van der Waals surface area contributed by atoms with Gasteiger partial charge in [-0.2, -0.15) is 0 Å². The SMILES string of the molecule is CC(C)CC(C)C1NC(C)(C)CS1. The van der Waals surface area contributed by atoms with E-state index in [2.05, 4.69) is 51.7 Å². The lowest BCUT2D eigenvalue weighted by Gasteiger charge is -2.24. The van der Waals surface area contributed by atoms with Gasteiger partial charge in [-0.15, -0.1) is 11.8 Å². The van der Waals surface area contributed by atoms with E-state index in [9.17, 15) is 0 Å². The molecule has 2 atom stereocenters. The van der Waals surface area contributed by atoms with Crippen LogP contribution in [0.5, 0.6) is 0 Å². The van der Waals surface area contributed by atoms with Crippen LogP contribution in [0.1, 0.15) is 41.0 Å². The maximum atomic E-state index is 3.70. The third kappa shape index (κ3) is 3.51. The standard InChI is InChI=1S/C11H23NS/c1-8(2)6-9(3)10-12-11(4,5)7-13-10/h8-10,12H,6-7H2,1-5H3. The maximum absolute atomic E-state index is 3.70. The smallest absolute Gasteiger partial charge is 0.0563 e. The molecule has 0 aromatic carbocycles. The lowest BCUT2D eigenvalue weighted by molar-refractivity contribution is 0.349. The highest BCUT2D eigenvalue weighted by Gasteiger charge is 2.33. The van der Waals surface area contributed by atoms with Gasteiger partial charge in [0, 0.05) is 11.3 Å². The molecule has 0 spiro atoms. The van der Waals surface area contributed by atoms with Gasteiger partial charge in [0.25, 0.3) is 0 Å². The molecule has 0 saturated carbocycles. The third-order valence-corrected chi connectivity index (χ3v) is 4.35. The summed E-state index contributed by atoms with van der Waals surface area (Å²) in [7, 11) is 0. The van der Waals surface area contributed by atoms with Crippen LogP contribution in [0.25, 0.3) is 0 Å². The zero-order valence-corrected chi connectivity index (χ0v) is 10.4. The van der Waals surface area contributed by atoms with Crippen molar-refractivity contribution in [3.05, 3.63) is 0 Å². The predicted octanol–water partition coefficient (Wildman–Crippen LogP) is 3.11. The predicted molar refractivity (Wildman–Crippen MR) is 62.1 cm³/mol. The highest BCUT2D eigenvalue weighted by Crippen LogP contribution is 2.32. The Morgan fingerprint density at radius 3 is 2.38 bits per heavy atom. The molecule has 2 heteroatoms. The zero-order chi connectivity index (χ0) is 10.1. The van der Waals surface area contributed by atoms with Crippen molar-refractivity contribution in [3.8, 4) is 0 Å². The first kappa shape index (κ1) is 11.4. The van der Waals surface area contributed by atoms with E-state index in [1.54, 1.807) is 0 Å². The molecule has 0 aliphatic carbocycles. The van der Waals surface area contributed by atoms with E-state index in [1.807, 2.05) is 0 Å². The van der Waals surface area contributed by atoms with Crippen LogP contribution in [0, 0.1) is 11.8 Å². The first-order valence-corrected chi connectivity index (χ1v) is 6.35. The van der Waals surface area contributed by atoms with Gasteiger partial charge in [0.05, 0.1) is 5.37 Å². The summed E-state index contributed by atoms with van der Waals surface area (Å²) in [5.74, 6) is 2.87. The number of hydrogen-bond acceptors (Lipinski definition) is 2. The van der Waals surface area contributed by atoms with Crippen LogP contribution in [0.15, 0.2) is 0 Å². The molecule has 0 radical (unpaired) electrons. The Kier molecular flexibility index (Phi) is 3.70. The summed E-state index contributed by atoms with van der Waals surface area (Å²) >= 11 is 2.09. The fraction of sp³-hybridized carbons (Fsp3) is 1.00. The Balaban J connectivity index is 2.37. The molecule has 78 valence electrons. The molecule has 2 unspecified atom stereocenters. The molecule has 0 aromatic heterocycles. The first-order chi connectivity index (χ1) is 5.91. The molecule has 0 amide bonds. The zero-order valence-electron chi connectivity index (χ0n) is 9.55. The molecular formula is C11H23NS. The summed E-state index contributed by atoms with van der Waals surface area (Å²) in [6.07, 6.45) is 1.33. The highest BCUT2D eigenvalue weighted by molar-refractivity contribution is 8.00. The largest absolute Gasteiger partial charge is 0.299 e. The van der Waals surface area contributed by atoms with E-state index in [-0.39, 0.29) is 0 Å². The maximum Gasteiger partial charge on any atom is 0.0563 e. The van der Waals surface area contributed by atoms with Gasteiger partial charge in [-0.1, -0.05) is 20.8 Å². The molecule has 1 saturated heterocycles. The van der Waals surface area contributed by atoms with Gasteiger partial charge in [-0.25, -0.2) is 0 Å². The minimum Gasteiger partial charge on any atom is -0.299 e. The third-order valence-electron chi connectivity index (χ3n) is 2.52. The Morgan fingerprint density at radius 2 is 2.00 bits per heavy atom. The molecule has 1 aliphatic rings. The first-order valence-electron chi connectivity index (χ1n) is 5.30. The Hall–Kier alpha value is 0.310. The van der Waals surface area contributed by atoms with Gasteiger partial charge >= 0.3 is 0 Å². The molecule has 0 bridgehead atoms. The van der Waals surface area contributed by atoms with Crippen LogP contribution in [0.2, 0.25) is 0 Å². The van der Waals surface area contributed by atoms with Gasteiger partial charge in [-0.3, -0.25) is 5.32 Å². The second-order valence-corrected chi connectivity index (χ2v) is 6.50. The molecule has 0 aromatic rings. The van der Waals surface area contributed by atoms with E-state index < -0.39 is 0 Å². The summed E-state index contributed by atoms with van der Waals surface area (Å²) < 4.78 is 0. The molecule has 1 fully saturated rings. The fourth-order valence-corrected chi connectivity index (χ4v) is 3.46. The second kappa shape index (κ2) is 4.22. The van der Waals surface area contributed by atoms with Crippen molar-refractivity contribution in [2.75, 3.05) is 5.75 Å². The van der Waals surface area contributed by atoms with Crippen molar-refractivity contribution in [2.24, 2.45) is 11.8 Å². The van der Waals surface area contributed by atoms with Gasteiger partial charge in [-0.05, 0) is 32.1 Å². The lowest BCUT2D eigenvalue weighted by atomic mass is 9.97. The molecule has 1 rings (SSSR count). The Labute approximate surface area is 87.1 Å². The molecule has 1 N–H and O–H groups in total. The minimum atomic E-state index is 0.348. The van der Waals surface area contributed by atoms with Crippen molar-refractivity contribution >= 4 is 11.8 Å². The normalized spacial score (nSPS) is 29.5. The van der Waals surface area contributed by atoms with Crippen LogP contribution < -0.4 is 5.32 Å². The van der Waals surface area contributed by atoms with Gasteiger partial charge in [0.2, 0.25) is 0 Å². The number of hydrogen-bond donors (Lipinski definition) is 1. The fourth-order valence-electron chi connectivity index (χ4n) is 1.94. The number of thioether (sulfide) groups is 1. The van der Waals surface area contributed by atoms with Crippen LogP contribution in [0.4, 0.5) is 0 Å². The summed E-state index contributed by atoms with van der Waals surface area (Å²) in [5.41, 5.74) is 0.348. The highest BCUT2D eigenvalue weighted by atomic mass is 32.2. The van der Waals surface area contributed by atoms with Gasteiger partial charge in [0.1, 0.15) is 0 Å². The van der Waals surface area contributed by atoms with Crippen LogP contribution in [0.3, 0.4) is 0 Å². The van der Waals surface area contributed by atoms with E-state index in [1.165, 1.54) is 12.2 Å². The van der Waals surface area contributed by atoms with Gasteiger partial charge < -0.3 is 0 Å². The van der Waals surface area contributed by atoms with Crippen LogP contribution in [-0.4, -0.2) is 16.7 Å². The summed E-state index contributed by atoms with van der Waals surface area (Å²) in [6, 6.07) is 0. The van der Waals surface area contributed by atoms with E-state index in [4.69, 9.17) is 0 Å². The Bertz CT molecular complexity index is 165. The topological polar surface area (TPSA) is 12.0 Å². The van der Waals surface area contributed by atoms with Crippen molar-refractivity contribution in [1.29, 1.82) is 0 Å². The second-order valence-electron chi connectivity index (χ2n) is 5.37. The summed E-state index contributed by atoms with van der Waals surface area (Å²) in [4.78, 5) is 0. The van der Waals surface area contributed by atoms with Crippen LogP contribution >= 0.6 is 11.8 Å². The molecule has 1 heterocycles. The molecule has 13 heavy (non-hydrogen) atoms. The number of rotatable bonds is 3. The van der Waals surface area contributed by atoms with Crippen molar-refractivity contribution in [1.82, 2.24) is 5.32 Å². The quantitative estimate of drug-likeness (QED) is 0.753. The molecule has 1 nitrogen and oxygen atoms in total. The molecule has 1 aliphatic heterocycles. The van der Waals surface area contributed by atoms with Crippen molar-refractivity contribution in [3.63, 3.8) is 0 Å². The Morgan fingerprint density at radius 1 is 1.38 bits per heavy atom. The van der Waals surface area contributed by atoms with E-state index in [0.717, 1.165) is 11.8 Å². The average molecular weight is 201 g/mol. The van der Waals surface area contributed by atoms with E-state index in [0.29, 0.717) is 10.9 Å². The molecular weight excluding hydrogens is 178 g/mol. The lowest BCUT2D eigenvalue weighted by Crippen LogP contribution is -2.41.